The molecule has 1 atom stereocenters. The van der Waals surface area contributed by atoms with E-state index in [1.807, 2.05) is 41.1 Å². The molecule has 2 aromatic heterocycles. The number of fused-ring (bicyclic) bond motifs is 1. The van der Waals surface area contributed by atoms with Crippen LogP contribution in [0, 0.1) is 0 Å². The topological polar surface area (TPSA) is 80.2 Å². The van der Waals surface area contributed by atoms with Gasteiger partial charge < -0.3 is 9.63 Å². The minimum atomic E-state index is -0.705. The van der Waals surface area contributed by atoms with Crippen LogP contribution in [-0.2, 0) is 19.6 Å². The Morgan fingerprint density at radius 2 is 2.00 bits per heavy atom. The van der Waals surface area contributed by atoms with E-state index < -0.39 is 6.10 Å². The molecule has 4 rings (SSSR count). The summed E-state index contributed by atoms with van der Waals surface area (Å²) < 4.78 is 7.40. The van der Waals surface area contributed by atoms with E-state index >= 15 is 0 Å². The van der Waals surface area contributed by atoms with Crippen molar-refractivity contribution >= 4 is 0 Å². The number of benzene rings is 1. The second-order valence-corrected chi connectivity index (χ2v) is 7.36. The molecule has 0 saturated carbocycles. The van der Waals surface area contributed by atoms with Crippen LogP contribution in [0.1, 0.15) is 61.0 Å². The van der Waals surface area contributed by atoms with Crippen LogP contribution in [0.25, 0.3) is 0 Å². The SMILES string of the molecule is CC(C)c1noc(CN2CCCn3nc([C@@H](O)c4ccccc4)cc3C2)n1. The number of aliphatic hydroxyl groups excluding tert-OH is 1. The summed E-state index contributed by atoms with van der Waals surface area (Å²) in [5.41, 5.74) is 2.65. The van der Waals surface area contributed by atoms with Crippen molar-refractivity contribution in [1.82, 2.24) is 24.8 Å². The van der Waals surface area contributed by atoms with Gasteiger partial charge in [0.15, 0.2) is 5.82 Å². The molecule has 0 spiro atoms. The van der Waals surface area contributed by atoms with Crippen LogP contribution < -0.4 is 0 Å². The summed E-state index contributed by atoms with van der Waals surface area (Å²) in [6, 6.07) is 11.6. The Balaban J connectivity index is 1.49. The Bertz CT molecular complexity index is 887. The van der Waals surface area contributed by atoms with E-state index in [-0.39, 0.29) is 5.92 Å². The number of aryl methyl sites for hydroxylation is 1. The molecular weight excluding hydrogens is 342 g/mol. The second kappa shape index (κ2) is 7.62. The zero-order chi connectivity index (χ0) is 18.8. The van der Waals surface area contributed by atoms with Crippen molar-refractivity contribution in [3.63, 3.8) is 0 Å². The summed E-state index contributed by atoms with van der Waals surface area (Å²) in [5.74, 6) is 1.66. The fraction of sp³-hybridized carbons (Fsp3) is 0.450. The lowest BCUT2D eigenvalue weighted by Gasteiger charge is -2.16. The third-order valence-corrected chi connectivity index (χ3v) is 4.87. The first kappa shape index (κ1) is 17.9. The summed E-state index contributed by atoms with van der Waals surface area (Å²) >= 11 is 0. The summed E-state index contributed by atoms with van der Waals surface area (Å²) in [6.07, 6.45) is 0.282. The average molecular weight is 367 g/mol. The molecule has 1 aliphatic rings. The monoisotopic (exact) mass is 367 g/mol. The lowest BCUT2D eigenvalue weighted by molar-refractivity contribution is 0.212. The number of aromatic nitrogens is 4. The van der Waals surface area contributed by atoms with Gasteiger partial charge >= 0.3 is 0 Å². The van der Waals surface area contributed by atoms with Crippen molar-refractivity contribution in [2.24, 2.45) is 0 Å². The van der Waals surface area contributed by atoms with Gasteiger partial charge in [-0.15, -0.1) is 0 Å². The van der Waals surface area contributed by atoms with Gasteiger partial charge in [0, 0.05) is 25.6 Å². The van der Waals surface area contributed by atoms with E-state index in [0.717, 1.165) is 43.1 Å². The van der Waals surface area contributed by atoms with Crippen LogP contribution in [0.2, 0.25) is 0 Å². The number of nitrogens with zero attached hydrogens (tertiary/aromatic N) is 5. The molecular formula is C20H25N5O2. The number of aliphatic hydroxyl groups is 1. The first-order chi connectivity index (χ1) is 13.1. The average Bonchev–Trinajstić information content (AvgIpc) is 3.25. The Morgan fingerprint density at radius 1 is 1.19 bits per heavy atom. The van der Waals surface area contributed by atoms with Crippen molar-refractivity contribution in [1.29, 1.82) is 0 Å². The van der Waals surface area contributed by atoms with Crippen LogP contribution >= 0.6 is 0 Å². The molecule has 0 fully saturated rings. The van der Waals surface area contributed by atoms with E-state index in [9.17, 15) is 5.11 Å². The summed E-state index contributed by atoms with van der Waals surface area (Å²) in [5, 5.41) is 19.3. The van der Waals surface area contributed by atoms with Gasteiger partial charge in [-0.25, -0.2) is 0 Å². The van der Waals surface area contributed by atoms with E-state index in [4.69, 9.17) is 4.52 Å². The maximum absolute atomic E-state index is 10.6. The molecule has 0 radical (unpaired) electrons. The molecule has 1 N–H and O–H groups in total. The van der Waals surface area contributed by atoms with Crippen molar-refractivity contribution in [3.8, 4) is 0 Å². The zero-order valence-corrected chi connectivity index (χ0v) is 15.7. The molecule has 0 saturated heterocycles. The molecule has 7 nitrogen and oxygen atoms in total. The third kappa shape index (κ3) is 3.94. The highest BCUT2D eigenvalue weighted by Crippen LogP contribution is 2.24. The van der Waals surface area contributed by atoms with Gasteiger partial charge in [0.25, 0.3) is 0 Å². The Labute approximate surface area is 158 Å². The fourth-order valence-corrected chi connectivity index (χ4v) is 3.38. The van der Waals surface area contributed by atoms with Gasteiger partial charge in [-0.3, -0.25) is 9.58 Å². The lowest BCUT2D eigenvalue weighted by Crippen LogP contribution is -2.23. The molecule has 0 aliphatic carbocycles. The first-order valence-corrected chi connectivity index (χ1v) is 9.44. The number of rotatable bonds is 5. The molecule has 27 heavy (non-hydrogen) atoms. The van der Waals surface area contributed by atoms with E-state index in [1.54, 1.807) is 0 Å². The molecule has 3 heterocycles. The maximum atomic E-state index is 10.6. The van der Waals surface area contributed by atoms with Crippen LogP contribution in [0.5, 0.6) is 0 Å². The van der Waals surface area contributed by atoms with Crippen molar-refractivity contribution in [2.45, 2.75) is 51.9 Å². The quantitative estimate of drug-likeness (QED) is 0.747. The minimum absolute atomic E-state index is 0.259. The Hall–Kier alpha value is -2.51. The van der Waals surface area contributed by atoms with E-state index in [2.05, 4.69) is 34.0 Å². The molecule has 1 aromatic carbocycles. The van der Waals surface area contributed by atoms with E-state index in [1.165, 1.54) is 0 Å². The smallest absolute Gasteiger partial charge is 0.240 e. The minimum Gasteiger partial charge on any atom is -0.382 e. The fourth-order valence-electron chi connectivity index (χ4n) is 3.38. The van der Waals surface area contributed by atoms with Crippen molar-refractivity contribution in [3.05, 3.63) is 65.1 Å². The predicted molar refractivity (Wildman–Crippen MR) is 99.8 cm³/mol. The molecule has 0 unspecified atom stereocenters. The van der Waals surface area contributed by atoms with Gasteiger partial charge in [-0.1, -0.05) is 49.3 Å². The van der Waals surface area contributed by atoms with Crippen LogP contribution in [0.3, 0.4) is 0 Å². The van der Waals surface area contributed by atoms with Crippen LogP contribution in [0.4, 0.5) is 0 Å². The highest BCUT2D eigenvalue weighted by atomic mass is 16.5. The Kier molecular flexibility index (Phi) is 5.05. The van der Waals surface area contributed by atoms with Gasteiger partial charge in [-0.2, -0.15) is 10.1 Å². The molecule has 1 aliphatic heterocycles. The summed E-state index contributed by atoms with van der Waals surface area (Å²) in [6.45, 7) is 7.26. The lowest BCUT2D eigenvalue weighted by atomic mass is 10.1. The summed E-state index contributed by atoms with van der Waals surface area (Å²) in [4.78, 5) is 6.77. The molecule has 0 bridgehead atoms. The van der Waals surface area contributed by atoms with Crippen molar-refractivity contribution < 1.29 is 9.63 Å². The molecule has 3 aromatic rings. The first-order valence-electron chi connectivity index (χ1n) is 9.44. The maximum Gasteiger partial charge on any atom is 0.240 e. The second-order valence-electron chi connectivity index (χ2n) is 7.36. The number of hydrogen-bond donors (Lipinski definition) is 1. The molecule has 142 valence electrons. The third-order valence-electron chi connectivity index (χ3n) is 4.87. The van der Waals surface area contributed by atoms with Crippen molar-refractivity contribution in [2.75, 3.05) is 6.54 Å². The van der Waals surface area contributed by atoms with Gasteiger partial charge in [0.2, 0.25) is 5.89 Å². The standard InChI is InChI=1S/C20H25N5O2/c1-14(2)20-21-18(27-23-20)13-24-9-6-10-25-16(12-24)11-17(22-25)19(26)15-7-4-3-5-8-15/h3-5,7-8,11,14,19,26H,6,9-10,12-13H2,1-2H3/t19-/m0/s1. The predicted octanol–water partition coefficient (Wildman–Crippen LogP) is 2.88. The van der Waals surface area contributed by atoms with Crippen LogP contribution in [-0.4, -0.2) is 36.5 Å². The number of hydrogen-bond acceptors (Lipinski definition) is 6. The highest BCUT2D eigenvalue weighted by molar-refractivity contribution is 5.26. The highest BCUT2D eigenvalue weighted by Gasteiger charge is 2.22. The summed E-state index contributed by atoms with van der Waals surface area (Å²) in [7, 11) is 0. The van der Waals surface area contributed by atoms with Gasteiger partial charge in [-0.05, 0) is 18.1 Å². The van der Waals surface area contributed by atoms with Gasteiger partial charge in [0.1, 0.15) is 6.10 Å². The molecule has 7 heteroatoms. The zero-order valence-electron chi connectivity index (χ0n) is 15.7. The van der Waals surface area contributed by atoms with E-state index in [0.29, 0.717) is 18.1 Å². The molecule has 0 amide bonds. The normalized spacial score (nSPS) is 16.3. The largest absolute Gasteiger partial charge is 0.382 e. The Morgan fingerprint density at radius 3 is 2.74 bits per heavy atom. The van der Waals surface area contributed by atoms with Crippen LogP contribution in [0.15, 0.2) is 40.9 Å². The van der Waals surface area contributed by atoms with Gasteiger partial charge in [0.05, 0.1) is 17.9 Å².